The van der Waals surface area contributed by atoms with Crippen molar-refractivity contribution in [1.82, 2.24) is 39.7 Å². The molecule has 11 heteroatoms. The fourth-order valence-corrected chi connectivity index (χ4v) is 5.51. The minimum Gasteiger partial charge on any atom is -0.369 e. The summed E-state index contributed by atoms with van der Waals surface area (Å²) in [4.78, 5) is 41.4. The van der Waals surface area contributed by atoms with Crippen molar-refractivity contribution in [3.8, 4) is 22.4 Å². The molecule has 1 saturated heterocycles. The first-order valence-corrected chi connectivity index (χ1v) is 13.0. The van der Waals surface area contributed by atoms with Gasteiger partial charge >= 0.3 is 0 Å². The van der Waals surface area contributed by atoms with Crippen LogP contribution in [-0.4, -0.2) is 71.0 Å². The number of rotatable bonds is 4. The molecule has 6 heterocycles. The number of carbonyl (C=O) groups excluding carboxylic acids is 2. The molecule has 4 aromatic heterocycles. The maximum atomic E-state index is 13.2. The average Bonchev–Trinajstić information content (AvgIpc) is 3.68. The Labute approximate surface area is 223 Å². The third kappa shape index (κ3) is 4.02. The smallest absolute Gasteiger partial charge is 0.291 e. The number of amides is 1. The number of fused-ring (bicyclic) bond motifs is 3. The summed E-state index contributed by atoms with van der Waals surface area (Å²) in [6, 6.07) is 14.1. The Balaban J connectivity index is 1.24. The van der Waals surface area contributed by atoms with Gasteiger partial charge in [0.25, 0.3) is 5.91 Å². The fourth-order valence-electron chi connectivity index (χ4n) is 5.51. The van der Waals surface area contributed by atoms with Crippen LogP contribution in [0.3, 0.4) is 0 Å². The summed E-state index contributed by atoms with van der Waals surface area (Å²) in [6.07, 6.45) is 6.75. The summed E-state index contributed by atoms with van der Waals surface area (Å²) in [5, 5.41) is 14.4. The van der Waals surface area contributed by atoms with Crippen molar-refractivity contribution in [1.29, 1.82) is 0 Å². The first-order valence-electron chi connectivity index (χ1n) is 13.0. The monoisotopic (exact) mass is 519 g/mol. The number of hydrogen-bond donors (Lipinski definition) is 2. The van der Waals surface area contributed by atoms with Gasteiger partial charge in [0.05, 0.1) is 23.1 Å². The molecule has 2 aliphatic heterocycles. The van der Waals surface area contributed by atoms with E-state index in [1.165, 1.54) is 6.33 Å². The highest BCUT2D eigenvalue weighted by molar-refractivity contribution is 6.04. The zero-order chi connectivity index (χ0) is 26.3. The van der Waals surface area contributed by atoms with Gasteiger partial charge in [-0.2, -0.15) is 14.7 Å². The molecule has 11 nitrogen and oxygen atoms in total. The molecular formula is C28H25N9O2. The topological polar surface area (TPSA) is 134 Å². The molecule has 1 fully saturated rings. The number of piperidine rings is 1. The molecule has 0 aliphatic carbocycles. The molecule has 0 bridgehead atoms. The van der Waals surface area contributed by atoms with E-state index in [0.717, 1.165) is 28.1 Å². The SMILES string of the molecule is O=C1CCNc2c1c(C1CCN(C(=O)c3ncn[nH]3)CC1)nc1c(-c3ccc(-c4ccccc4)nc3)cnn21. The Morgan fingerprint density at radius 1 is 0.974 bits per heavy atom. The van der Waals surface area contributed by atoms with E-state index in [9.17, 15) is 9.59 Å². The highest BCUT2D eigenvalue weighted by atomic mass is 16.2. The van der Waals surface area contributed by atoms with Gasteiger partial charge in [-0.15, -0.1) is 0 Å². The van der Waals surface area contributed by atoms with Crippen molar-refractivity contribution >= 4 is 23.2 Å². The molecule has 0 saturated carbocycles. The van der Waals surface area contributed by atoms with Crippen molar-refractivity contribution in [3.63, 3.8) is 0 Å². The third-order valence-corrected chi connectivity index (χ3v) is 7.53. The van der Waals surface area contributed by atoms with Gasteiger partial charge in [0.15, 0.2) is 11.4 Å². The Morgan fingerprint density at radius 2 is 1.82 bits per heavy atom. The molecule has 194 valence electrons. The summed E-state index contributed by atoms with van der Waals surface area (Å²) >= 11 is 0. The predicted molar refractivity (Wildman–Crippen MR) is 143 cm³/mol. The minimum atomic E-state index is -0.168. The summed E-state index contributed by atoms with van der Waals surface area (Å²) in [6.45, 7) is 1.64. The van der Waals surface area contributed by atoms with E-state index in [2.05, 4.69) is 30.6 Å². The quantitative estimate of drug-likeness (QED) is 0.368. The van der Waals surface area contributed by atoms with Gasteiger partial charge in [0, 0.05) is 54.9 Å². The van der Waals surface area contributed by atoms with Crippen LogP contribution >= 0.6 is 0 Å². The second-order valence-corrected chi connectivity index (χ2v) is 9.81. The molecule has 1 aromatic carbocycles. The lowest BCUT2D eigenvalue weighted by atomic mass is 9.88. The molecule has 39 heavy (non-hydrogen) atoms. The number of nitrogens with one attached hydrogen (secondary N) is 2. The summed E-state index contributed by atoms with van der Waals surface area (Å²) in [7, 11) is 0. The molecule has 1 amide bonds. The molecule has 0 radical (unpaired) electrons. The van der Waals surface area contributed by atoms with Gasteiger partial charge in [-0.25, -0.2) is 9.97 Å². The first kappa shape index (κ1) is 23.2. The Hall–Kier alpha value is -4.93. The van der Waals surface area contributed by atoms with Gasteiger partial charge in [-0.3, -0.25) is 19.7 Å². The number of carbonyl (C=O) groups is 2. The number of likely N-dealkylation sites (tertiary alicyclic amines) is 1. The lowest BCUT2D eigenvalue weighted by molar-refractivity contribution is 0.0699. The van der Waals surface area contributed by atoms with E-state index < -0.39 is 0 Å². The van der Waals surface area contributed by atoms with Gasteiger partial charge in [0.1, 0.15) is 12.1 Å². The van der Waals surface area contributed by atoms with E-state index in [1.54, 1.807) is 15.6 Å². The predicted octanol–water partition coefficient (Wildman–Crippen LogP) is 3.59. The number of nitrogens with zero attached hydrogens (tertiary/aromatic N) is 7. The van der Waals surface area contributed by atoms with Crippen LogP contribution in [0, 0.1) is 0 Å². The van der Waals surface area contributed by atoms with E-state index >= 15 is 0 Å². The summed E-state index contributed by atoms with van der Waals surface area (Å²) in [5.74, 6) is 0.859. The van der Waals surface area contributed by atoms with Crippen LogP contribution in [0.5, 0.6) is 0 Å². The average molecular weight is 520 g/mol. The number of anilines is 1. The highest BCUT2D eigenvalue weighted by Crippen LogP contribution is 2.37. The molecule has 5 aromatic rings. The number of aromatic nitrogens is 7. The molecule has 2 aliphatic rings. The van der Waals surface area contributed by atoms with E-state index in [-0.39, 0.29) is 23.4 Å². The van der Waals surface area contributed by atoms with Crippen LogP contribution < -0.4 is 5.32 Å². The second-order valence-electron chi connectivity index (χ2n) is 9.81. The van der Waals surface area contributed by atoms with Crippen molar-refractivity contribution in [2.75, 3.05) is 25.0 Å². The highest BCUT2D eigenvalue weighted by Gasteiger charge is 2.33. The van der Waals surface area contributed by atoms with Crippen molar-refractivity contribution in [3.05, 3.63) is 78.3 Å². The zero-order valence-electron chi connectivity index (χ0n) is 21.0. The van der Waals surface area contributed by atoms with Crippen LogP contribution in [0.1, 0.15) is 51.9 Å². The van der Waals surface area contributed by atoms with Gasteiger partial charge in [-0.1, -0.05) is 36.4 Å². The number of ketones is 1. The number of hydrogen-bond acceptors (Lipinski definition) is 8. The van der Waals surface area contributed by atoms with Crippen molar-refractivity contribution < 1.29 is 9.59 Å². The molecule has 2 N–H and O–H groups in total. The maximum absolute atomic E-state index is 13.2. The van der Waals surface area contributed by atoms with Gasteiger partial charge < -0.3 is 10.2 Å². The number of H-pyrrole nitrogens is 1. The molecule has 0 atom stereocenters. The molecule has 0 spiro atoms. The number of pyridine rings is 1. The van der Waals surface area contributed by atoms with E-state index in [0.29, 0.717) is 55.9 Å². The first-order chi connectivity index (χ1) is 19.2. The Kier molecular flexibility index (Phi) is 5.61. The second kappa shape index (κ2) is 9.43. The van der Waals surface area contributed by atoms with Crippen LogP contribution in [-0.2, 0) is 0 Å². The van der Waals surface area contributed by atoms with E-state index in [1.807, 2.05) is 48.7 Å². The third-order valence-electron chi connectivity index (χ3n) is 7.53. The zero-order valence-corrected chi connectivity index (χ0v) is 21.0. The molecular weight excluding hydrogens is 494 g/mol. The Bertz CT molecular complexity index is 1670. The fraction of sp³-hybridized carbons (Fsp3) is 0.250. The lowest BCUT2D eigenvalue weighted by Crippen LogP contribution is -2.39. The number of Topliss-reactive ketones (excluding diaryl/α,β-unsaturated/α-hetero) is 1. The number of benzene rings is 1. The normalized spacial score (nSPS) is 15.8. The van der Waals surface area contributed by atoms with E-state index in [4.69, 9.17) is 4.98 Å². The molecule has 0 unspecified atom stereocenters. The van der Waals surface area contributed by atoms with Crippen LogP contribution in [0.4, 0.5) is 5.82 Å². The standard InChI is InChI=1S/C28H25N9O2/c38-22-8-11-29-27-23(22)24(18-9-12-36(13-10-18)28(39)25-31-16-32-35-25)34-26-20(15-33-37(26)27)19-6-7-21(30-14-19)17-4-2-1-3-5-17/h1-7,14-16,18,29H,8-13H2,(H,31,32,35). The minimum absolute atomic E-state index is 0.0349. The lowest BCUT2D eigenvalue weighted by Gasteiger charge is -2.32. The molecule has 7 rings (SSSR count). The largest absolute Gasteiger partial charge is 0.369 e. The number of aromatic amines is 1. The van der Waals surface area contributed by atoms with Crippen LogP contribution in [0.15, 0.2) is 61.2 Å². The van der Waals surface area contributed by atoms with Gasteiger partial charge in [0.2, 0.25) is 5.82 Å². The van der Waals surface area contributed by atoms with Gasteiger partial charge in [-0.05, 0) is 18.9 Å². The van der Waals surface area contributed by atoms with Crippen LogP contribution in [0.2, 0.25) is 0 Å². The summed E-state index contributed by atoms with van der Waals surface area (Å²) < 4.78 is 1.74. The van der Waals surface area contributed by atoms with Crippen LogP contribution in [0.25, 0.3) is 28.0 Å². The summed E-state index contributed by atoms with van der Waals surface area (Å²) in [5.41, 5.74) is 5.76. The van der Waals surface area contributed by atoms with Crippen molar-refractivity contribution in [2.45, 2.75) is 25.2 Å². The maximum Gasteiger partial charge on any atom is 0.291 e. The Morgan fingerprint density at radius 3 is 2.56 bits per heavy atom. The van der Waals surface area contributed by atoms with Crippen molar-refractivity contribution in [2.24, 2.45) is 0 Å².